The highest BCUT2D eigenvalue weighted by molar-refractivity contribution is 6.24. The van der Waals surface area contributed by atoms with Crippen LogP contribution >= 0.6 is 0 Å². The van der Waals surface area contributed by atoms with Crippen LogP contribution in [0.25, 0.3) is 0 Å². The zero-order valence-corrected chi connectivity index (χ0v) is 14.9. The third-order valence-corrected chi connectivity index (χ3v) is 5.13. The van der Waals surface area contributed by atoms with Crippen LogP contribution in [0.2, 0.25) is 0 Å². The van der Waals surface area contributed by atoms with Crippen LogP contribution in [0.15, 0.2) is 46.9 Å². The van der Waals surface area contributed by atoms with Gasteiger partial charge in [0.05, 0.1) is 20.1 Å². The highest BCUT2D eigenvalue weighted by Crippen LogP contribution is 2.43. The Morgan fingerprint density at radius 1 is 1.08 bits per heavy atom. The van der Waals surface area contributed by atoms with Gasteiger partial charge in [0.25, 0.3) is 0 Å². The number of Topliss-reactive ketones (excluding diaryl/α,β-unsaturated/α-hetero) is 2. The largest absolute Gasteiger partial charge is 0.489 e. The predicted octanol–water partition coefficient (Wildman–Crippen LogP) is 2.39. The molecule has 1 aromatic carbocycles. The molecular formula is C20H20O6. The minimum Gasteiger partial charge on any atom is -0.489 e. The van der Waals surface area contributed by atoms with Crippen molar-refractivity contribution in [2.45, 2.75) is 25.7 Å². The van der Waals surface area contributed by atoms with Gasteiger partial charge in [-0.25, -0.2) is 0 Å². The SMILES string of the molecule is COC1=C(OC)C(=O)C([C@@H]2C[C@@H](C(=O)O)Cc3ccccc32)=C(C)C1=O. The standard InChI is InChI=1S/C20H20O6/c1-10-15(17(22)19(26-3)18(25-2)16(10)21)14-9-12(20(23)24)8-11-6-4-5-7-13(11)14/h4-7,12,14H,8-9H2,1-3H3,(H,23,24)/t12-,14+/m0/s1. The molecule has 2 aliphatic rings. The normalized spacial score (nSPS) is 23.0. The first kappa shape index (κ1) is 17.9. The molecule has 0 aromatic heterocycles. The van der Waals surface area contributed by atoms with E-state index in [1.807, 2.05) is 24.3 Å². The van der Waals surface area contributed by atoms with E-state index >= 15 is 0 Å². The van der Waals surface area contributed by atoms with Crippen LogP contribution in [0.4, 0.5) is 0 Å². The van der Waals surface area contributed by atoms with Gasteiger partial charge in [0.1, 0.15) is 0 Å². The van der Waals surface area contributed by atoms with Crippen molar-refractivity contribution in [3.05, 3.63) is 58.1 Å². The first-order valence-corrected chi connectivity index (χ1v) is 8.33. The summed E-state index contributed by atoms with van der Waals surface area (Å²) in [5.41, 5.74) is 2.35. The van der Waals surface area contributed by atoms with Gasteiger partial charge in [-0.3, -0.25) is 14.4 Å². The minimum absolute atomic E-state index is 0.113. The van der Waals surface area contributed by atoms with Crippen LogP contribution in [-0.2, 0) is 30.3 Å². The zero-order valence-electron chi connectivity index (χ0n) is 14.9. The van der Waals surface area contributed by atoms with Crippen LogP contribution in [-0.4, -0.2) is 36.9 Å². The fourth-order valence-electron chi connectivity index (χ4n) is 3.86. The maximum Gasteiger partial charge on any atom is 0.306 e. The average Bonchev–Trinajstić information content (AvgIpc) is 2.64. The predicted molar refractivity (Wildman–Crippen MR) is 92.4 cm³/mol. The van der Waals surface area contributed by atoms with Crippen LogP contribution in [0, 0.1) is 5.92 Å². The molecule has 2 aliphatic carbocycles. The van der Waals surface area contributed by atoms with Crippen molar-refractivity contribution in [1.29, 1.82) is 0 Å². The van der Waals surface area contributed by atoms with E-state index in [4.69, 9.17) is 9.47 Å². The number of ether oxygens (including phenoxy) is 2. The highest BCUT2D eigenvalue weighted by Gasteiger charge is 2.42. The molecule has 0 spiro atoms. The molecule has 3 rings (SSSR count). The van der Waals surface area contributed by atoms with E-state index in [1.54, 1.807) is 6.92 Å². The Morgan fingerprint density at radius 2 is 1.69 bits per heavy atom. The van der Waals surface area contributed by atoms with Gasteiger partial charge >= 0.3 is 5.97 Å². The maximum absolute atomic E-state index is 13.0. The molecule has 0 bridgehead atoms. The van der Waals surface area contributed by atoms with Crippen molar-refractivity contribution in [1.82, 2.24) is 0 Å². The van der Waals surface area contributed by atoms with E-state index in [2.05, 4.69) is 0 Å². The molecule has 0 unspecified atom stereocenters. The molecule has 26 heavy (non-hydrogen) atoms. The molecule has 136 valence electrons. The number of carboxylic acids is 1. The summed E-state index contributed by atoms with van der Waals surface area (Å²) in [7, 11) is 2.63. The zero-order chi connectivity index (χ0) is 19.0. The third kappa shape index (κ3) is 2.71. The summed E-state index contributed by atoms with van der Waals surface area (Å²) in [4.78, 5) is 37.3. The second-order valence-electron chi connectivity index (χ2n) is 6.49. The number of hydrogen-bond donors (Lipinski definition) is 1. The third-order valence-electron chi connectivity index (χ3n) is 5.13. The lowest BCUT2D eigenvalue weighted by molar-refractivity contribution is -0.142. The molecule has 1 N–H and O–H groups in total. The molecule has 0 fully saturated rings. The number of ketones is 2. The Bertz CT molecular complexity index is 861. The Labute approximate surface area is 151 Å². The number of carboxylic acid groups (broad SMARTS) is 1. The molecule has 0 saturated carbocycles. The van der Waals surface area contributed by atoms with Crippen molar-refractivity contribution >= 4 is 17.5 Å². The van der Waals surface area contributed by atoms with E-state index in [-0.39, 0.29) is 23.5 Å². The van der Waals surface area contributed by atoms with E-state index in [1.165, 1.54) is 14.2 Å². The number of methoxy groups -OCH3 is 2. The molecule has 1 aromatic rings. The number of allylic oxidation sites excluding steroid dienone is 2. The fraction of sp³-hybridized carbons (Fsp3) is 0.350. The monoisotopic (exact) mass is 356 g/mol. The summed E-state index contributed by atoms with van der Waals surface area (Å²) in [6, 6.07) is 7.46. The van der Waals surface area contributed by atoms with Gasteiger partial charge in [-0.1, -0.05) is 24.3 Å². The second-order valence-corrected chi connectivity index (χ2v) is 6.49. The second kappa shape index (κ2) is 6.78. The quantitative estimate of drug-likeness (QED) is 0.833. The van der Waals surface area contributed by atoms with E-state index in [9.17, 15) is 19.5 Å². The Balaban J connectivity index is 2.15. The van der Waals surface area contributed by atoms with Gasteiger partial charge in [0, 0.05) is 17.1 Å². The van der Waals surface area contributed by atoms with Crippen LogP contribution < -0.4 is 0 Å². The van der Waals surface area contributed by atoms with Crippen molar-refractivity contribution < 1.29 is 29.0 Å². The molecule has 0 amide bonds. The topological polar surface area (TPSA) is 89.9 Å². The van der Waals surface area contributed by atoms with Gasteiger partial charge in [0.2, 0.25) is 23.1 Å². The van der Waals surface area contributed by atoms with E-state index < -0.39 is 29.4 Å². The van der Waals surface area contributed by atoms with Gasteiger partial charge in [-0.05, 0) is 30.9 Å². The van der Waals surface area contributed by atoms with Crippen molar-refractivity contribution in [2.24, 2.45) is 5.92 Å². The molecule has 6 nitrogen and oxygen atoms in total. The van der Waals surface area contributed by atoms with Crippen molar-refractivity contribution in [3.8, 4) is 0 Å². The fourth-order valence-corrected chi connectivity index (χ4v) is 3.86. The van der Waals surface area contributed by atoms with Crippen LogP contribution in [0.5, 0.6) is 0 Å². The van der Waals surface area contributed by atoms with E-state index in [0.717, 1.165) is 11.1 Å². The Hall–Kier alpha value is -2.89. The average molecular weight is 356 g/mol. The summed E-state index contributed by atoms with van der Waals surface area (Å²) in [6.45, 7) is 1.58. The summed E-state index contributed by atoms with van der Waals surface area (Å²) in [5.74, 6) is -3.07. The number of carbonyl (C=O) groups is 3. The molecule has 6 heteroatoms. The molecule has 0 saturated heterocycles. The van der Waals surface area contributed by atoms with Gasteiger partial charge in [-0.15, -0.1) is 0 Å². The van der Waals surface area contributed by atoms with Crippen molar-refractivity contribution in [3.63, 3.8) is 0 Å². The van der Waals surface area contributed by atoms with Crippen LogP contribution in [0.3, 0.4) is 0 Å². The van der Waals surface area contributed by atoms with Crippen molar-refractivity contribution in [2.75, 3.05) is 14.2 Å². The molecule has 0 aliphatic heterocycles. The molecule has 0 heterocycles. The Kier molecular flexibility index (Phi) is 4.68. The summed E-state index contributed by atoms with van der Waals surface area (Å²) in [6.07, 6.45) is 0.671. The first-order valence-electron chi connectivity index (χ1n) is 8.33. The summed E-state index contributed by atoms with van der Waals surface area (Å²) in [5, 5.41) is 9.52. The summed E-state index contributed by atoms with van der Waals surface area (Å²) < 4.78 is 10.2. The maximum atomic E-state index is 13.0. The molecule has 2 atom stereocenters. The van der Waals surface area contributed by atoms with Gasteiger partial charge in [-0.2, -0.15) is 0 Å². The number of carbonyl (C=O) groups excluding carboxylic acids is 2. The van der Waals surface area contributed by atoms with Gasteiger partial charge in [0.15, 0.2) is 0 Å². The lowest BCUT2D eigenvalue weighted by atomic mass is 9.70. The summed E-state index contributed by atoms with van der Waals surface area (Å²) >= 11 is 0. The Morgan fingerprint density at radius 3 is 2.31 bits per heavy atom. The van der Waals surface area contributed by atoms with Gasteiger partial charge < -0.3 is 14.6 Å². The number of aliphatic carboxylic acids is 1. The molecular weight excluding hydrogens is 336 g/mol. The first-order chi connectivity index (χ1) is 12.4. The lowest BCUT2D eigenvalue weighted by Crippen LogP contribution is -2.32. The highest BCUT2D eigenvalue weighted by atomic mass is 16.5. The smallest absolute Gasteiger partial charge is 0.306 e. The van der Waals surface area contributed by atoms with E-state index in [0.29, 0.717) is 12.0 Å². The number of fused-ring (bicyclic) bond motifs is 1. The number of hydrogen-bond acceptors (Lipinski definition) is 5. The van der Waals surface area contributed by atoms with Crippen LogP contribution in [0.1, 0.15) is 30.4 Å². The number of benzene rings is 1. The lowest BCUT2D eigenvalue weighted by Gasteiger charge is -2.33. The molecule has 0 radical (unpaired) electrons. The number of rotatable bonds is 4. The minimum atomic E-state index is -0.905.